The van der Waals surface area contributed by atoms with Crippen LogP contribution in [0.1, 0.15) is 53.2 Å². The van der Waals surface area contributed by atoms with Gasteiger partial charge in [-0.05, 0) is 48.7 Å². The maximum absolute atomic E-state index is 13.9. The topological polar surface area (TPSA) is 89.6 Å². The maximum atomic E-state index is 13.9. The van der Waals surface area contributed by atoms with Crippen LogP contribution in [0.3, 0.4) is 0 Å². The van der Waals surface area contributed by atoms with Crippen LogP contribution in [0.15, 0.2) is 36.4 Å². The Morgan fingerprint density at radius 1 is 1.03 bits per heavy atom. The number of ether oxygens (including phenoxy) is 4. The molecule has 9 heteroatoms. The molecule has 0 radical (unpaired) electrons. The molecular formula is C29H39N3O6. The Balaban J connectivity index is 1.69. The fraction of sp³-hybridized carbons (Fsp3) is 0.517. The molecule has 206 valence electrons. The second-order valence-electron chi connectivity index (χ2n) is 9.57. The zero-order chi connectivity index (χ0) is 27.1. The van der Waals surface area contributed by atoms with Gasteiger partial charge >= 0.3 is 0 Å². The summed E-state index contributed by atoms with van der Waals surface area (Å²) < 4.78 is 22.2. The van der Waals surface area contributed by atoms with E-state index >= 15 is 0 Å². The molecule has 9 nitrogen and oxygen atoms in total. The third-order valence-corrected chi connectivity index (χ3v) is 7.27. The van der Waals surface area contributed by atoms with E-state index in [-0.39, 0.29) is 11.8 Å². The van der Waals surface area contributed by atoms with Crippen LogP contribution in [0.5, 0.6) is 17.2 Å². The van der Waals surface area contributed by atoms with Crippen molar-refractivity contribution in [3.05, 3.63) is 53.1 Å². The van der Waals surface area contributed by atoms with Gasteiger partial charge in [0.1, 0.15) is 0 Å². The predicted molar refractivity (Wildman–Crippen MR) is 144 cm³/mol. The molecule has 0 aliphatic carbocycles. The molecular weight excluding hydrogens is 486 g/mol. The van der Waals surface area contributed by atoms with Gasteiger partial charge in [0, 0.05) is 31.7 Å². The molecule has 1 N–H and O–H groups in total. The quantitative estimate of drug-likeness (QED) is 0.451. The maximum Gasteiger partial charge on any atom is 0.254 e. The molecule has 0 aromatic heterocycles. The van der Waals surface area contributed by atoms with Crippen molar-refractivity contribution in [1.29, 1.82) is 0 Å². The molecule has 0 saturated carbocycles. The summed E-state index contributed by atoms with van der Waals surface area (Å²) in [6.45, 7) is 7.34. The van der Waals surface area contributed by atoms with E-state index in [9.17, 15) is 9.59 Å². The highest BCUT2D eigenvalue weighted by Crippen LogP contribution is 2.47. The highest BCUT2D eigenvalue weighted by atomic mass is 16.5. The Hall–Kier alpha value is -3.30. The van der Waals surface area contributed by atoms with Gasteiger partial charge in [0.15, 0.2) is 11.5 Å². The number of fused-ring (bicyclic) bond motifs is 1. The number of carbonyl (C=O) groups excluding carboxylic acids is 2. The van der Waals surface area contributed by atoms with Crippen molar-refractivity contribution in [3.8, 4) is 17.2 Å². The Labute approximate surface area is 225 Å². The second-order valence-corrected chi connectivity index (χ2v) is 9.57. The van der Waals surface area contributed by atoms with Crippen molar-refractivity contribution in [2.45, 2.75) is 31.7 Å². The first-order valence-corrected chi connectivity index (χ1v) is 13.3. The molecule has 2 atom stereocenters. The minimum Gasteiger partial charge on any atom is -0.493 e. The first-order valence-electron chi connectivity index (χ1n) is 13.3. The highest BCUT2D eigenvalue weighted by molar-refractivity contribution is 6.01. The summed E-state index contributed by atoms with van der Waals surface area (Å²) in [5, 5.41) is 3.17. The number of hydrogen-bond acceptors (Lipinski definition) is 7. The fourth-order valence-electron chi connectivity index (χ4n) is 5.45. The van der Waals surface area contributed by atoms with Gasteiger partial charge in [0.2, 0.25) is 11.7 Å². The van der Waals surface area contributed by atoms with Crippen LogP contribution in [-0.4, -0.2) is 88.9 Å². The summed E-state index contributed by atoms with van der Waals surface area (Å²) >= 11 is 0. The lowest BCUT2D eigenvalue weighted by molar-refractivity contribution is -0.124. The molecule has 2 amide bonds. The predicted octanol–water partition coefficient (Wildman–Crippen LogP) is 3.24. The normalized spacial score (nSPS) is 19.6. The zero-order valence-corrected chi connectivity index (χ0v) is 22.8. The number of nitrogens with zero attached hydrogens (tertiary/aromatic N) is 2. The second kappa shape index (κ2) is 13.0. The number of morpholine rings is 1. The third kappa shape index (κ3) is 5.73. The molecule has 38 heavy (non-hydrogen) atoms. The first kappa shape index (κ1) is 27.7. The average molecular weight is 526 g/mol. The number of carbonyl (C=O) groups is 2. The van der Waals surface area contributed by atoms with E-state index < -0.39 is 12.0 Å². The van der Waals surface area contributed by atoms with Crippen LogP contribution in [0, 0.1) is 0 Å². The van der Waals surface area contributed by atoms with Gasteiger partial charge in [0.05, 0.1) is 46.5 Å². The smallest absolute Gasteiger partial charge is 0.254 e. The Bertz CT molecular complexity index is 1090. The van der Waals surface area contributed by atoms with Gasteiger partial charge in [-0.2, -0.15) is 0 Å². The first-order chi connectivity index (χ1) is 18.5. The molecule has 0 unspecified atom stereocenters. The van der Waals surface area contributed by atoms with Crippen molar-refractivity contribution < 1.29 is 28.5 Å². The molecule has 2 aliphatic heterocycles. The number of hydrogen-bond donors (Lipinski definition) is 1. The number of rotatable bonds is 11. The van der Waals surface area contributed by atoms with E-state index in [1.54, 1.807) is 26.2 Å². The van der Waals surface area contributed by atoms with Crippen LogP contribution in [0.2, 0.25) is 0 Å². The summed E-state index contributed by atoms with van der Waals surface area (Å²) in [5.74, 6) is 0.641. The standard InChI is InChI=1S/C29H39N3O6/c1-5-12-32-26(20-18-23(35-2)27(37-4)24(19-20)36-3)25(21-9-6-7-10-22(21)29(32)34)28(33)30-11-8-13-31-14-16-38-17-15-31/h6-7,9-10,18-19,25-26H,5,8,11-17H2,1-4H3,(H,30,33)/t25-,26-/m0/s1. The van der Waals surface area contributed by atoms with Gasteiger partial charge in [-0.3, -0.25) is 14.5 Å². The summed E-state index contributed by atoms with van der Waals surface area (Å²) in [6.07, 6.45) is 1.59. The van der Waals surface area contributed by atoms with Crippen LogP contribution in [0.4, 0.5) is 0 Å². The van der Waals surface area contributed by atoms with Crippen LogP contribution in [0.25, 0.3) is 0 Å². The van der Waals surface area contributed by atoms with Crippen molar-refractivity contribution in [2.24, 2.45) is 0 Å². The SMILES string of the molecule is CCCN1C(=O)c2ccccc2[C@H](C(=O)NCCCN2CCOCC2)[C@@H]1c1cc(OC)c(OC)c(OC)c1. The Morgan fingerprint density at radius 2 is 1.71 bits per heavy atom. The average Bonchev–Trinajstić information content (AvgIpc) is 2.96. The Morgan fingerprint density at radius 3 is 2.34 bits per heavy atom. The number of methoxy groups -OCH3 is 3. The molecule has 0 bridgehead atoms. The number of benzene rings is 2. The van der Waals surface area contributed by atoms with E-state index in [4.69, 9.17) is 18.9 Å². The molecule has 2 heterocycles. The molecule has 1 fully saturated rings. The lowest BCUT2D eigenvalue weighted by atomic mass is 9.79. The Kier molecular flexibility index (Phi) is 9.47. The van der Waals surface area contributed by atoms with Gasteiger partial charge in [-0.1, -0.05) is 25.1 Å². The van der Waals surface area contributed by atoms with Gasteiger partial charge in [-0.15, -0.1) is 0 Å². The number of nitrogens with one attached hydrogen (secondary N) is 1. The highest BCUT2D eigenvalue weighted by Gasteiger charge is 2.44. The van der Waals surface area contributed by atoms with E-state index in [2.05, 4.69) is 10.2 Å². The zero-order valence-electron chi connectivity index (χ0n) is 22.8. The monoisotopic (exact) mass is 525 g/mol. The fourth-order valence-corrected chi connectivity index (χ4v) is 5.45. The molecule has 4 rings (SSSR count). The van der Waals surface area contributed by atoms with Gasteiger partial charge in [-0.25, -0.2) is 0 Å². The lowest BCUT2D eigenvalue weighted by Crippen LogP contribution is -2.48. The van der Waals surface area contributed by atoms with E-state index in [0.717, 1.165) is 56.8 Å². The lowest BCUT2D eigenvalue weighted by Gasteiger charge is -2.42. The minimum absolute atomic E-state index is 0.0856. The van der Waals surface area contributed by atoms with Crippen LogP contribution < -0.4 is 19.5 Å². The summed E-state index contributed by atoms with van der Waals surface area (Å²) in [7, 11) is 4.67. The summed E-state index contributed by atoms with van der Waals surface area (Å²) in [5.41, 5.74) is 2.05. The molecule has 2 aromatic rings. The summed E-state index contributed by atoms with van der Waals surface area (Å²) in [4.78, 5) is 31.8. The van der Waals surface area contributed by atoms with Crippen molar-refractivity contribution in [3.63, 3.8) is 0 Å². The third-order valence-electron chi connectivity index (χ3n) is 7.27. The van der Waals surface area contributed by atoms with Crippen LogP contribution >= 0.6 is 0 Å². The van der Waals surface area contributed by atoms with E-state index in [0.29, 0.717) is 35.9 Å². The van der Waals surface area contributed by atoms with Crippen molar-refractivity contribution in [1.82, 2.24) is 15.1 Å². The largest absolute Gasteiger partial charge is 0.493 e. The summed E-state index contributed by atoms with van der Waals surface area (Å²) in [6, 6.07) is 10.6. The molecule has 1 saturated heterocycles. The number of amides is 2. The van der Waals surface area contributed by atoms with Gasteiger partial charge < -0.3 is 29.2 Å². The van der Waals surface area contributed by atoms with Crippen molar-refractivity contribution >= 4 is 11.8 Å². The van der Waals surface area contributed by atoms with Crippen LogP contribution in [-0.2, 0) is 9.53 Å². The van der Waals surface area contributed by atoms with E-state index in [1.165, 1.54) is 0 Å². The van der Waals surface area contributed by atoms with E-state index in [1.807, 2.05) is 43.3 Å². The minimum atomic E-state index is -0.596. The van der Waals surface area contributed by atoms with Crippen molar-refractivity contribution in [2.75, 3.05) is 67.3 Å². The van der Waals surface area contributed by atoms with Gasteiger partial charge in [0.25, 0.3) is 5.91 Å². The molecule has 2 aliphatic rings. The molecule has 0 spiro atoms. The molecule has 2 aromatic carbocycles.